The lowest BCUT2D eigenvalue weighted by Crippen LogP contribution is -2.46. The van der Waals surface area contributed by atoms with Crippen LogP contribution in [0.1, 0.15) is 26.3 Å². The van der Waals surface area contributed by atoms with Gasteiger partial charge in [-0.1, -0.05) is 43.1 Å². The molecule has 0 aliphatic heterocycles. The van der Waals surface area contributed by atoms with Gasteiger partial charge in [0.1, 0.15) is 0 Å². The molecule has 0 heterocycles. The molecule has 1 rings (SSSR count). The molecule has 0 spiro atoms. The second-order valence-corrected chi connectivity index (χ2v) is 5.69. The van der Waals surface area contributed by atoms with Gasteiger partial charge in [0.05, 0.1) is 16.1 Å². The van der Waals surface area contributed by atoms with E-state index < -0.39 is 6.04 Å². The van der Waals surface area contributed by atoms with E-state index in [2.05, 4.69) is 0 Å². The Kier molecular flexibility index (Phi) is 6.11. The highest BCUT2D eigenvalue weighted by molar-refractivity contribution is 6.42. The molecule has 1 unspecified atom stereocenters. The van der Waals surface area contributed by atoms with Crippen molar-refractivity contribution in [1.82, 2.24) is 4.90 Å². The van der Waals surface area contributed by atoms with Gasteiger partial charge >= 0.3 is 0 Å². The second kappa shape index (κ2) is 7.13. The smallest absolute Gasteiger partial charge is 0.240 e. The van der Waals surface area contributed by atoms with Gasteiger partial charge in [-0.2, -0.15) is 0 Å². The topological polar surface area (TPSA) is 46.3 Å². The predicted octanol–water partition coefficient (Wildman–Crippen LogP) is 3.33. The second-order valence-electron chi connectivity index (χ2n) is 4.87. The highest BCUT2D eigenvalue weighted by Crippen LogP contribution is 2.23. The van der Waals surface area contributed by atoms with Crippen molar-refractivity contribution in [3.63, 3.8) is 0 Å². The summed E-state index contributed by atoms with van der Waals surface area (Å²) in [5, 5.41) is 1.01. The Hall–Kier alpha value is -0.770. The number of rotatable bonds is 5. The Morgan fingerprint density at radius 1 is 1.32 bits per heavy atom. The molecule has 0 saturated carbocycles. The summed E-state index contributed by atoms with van der Waals surface area (Å²) in [6, 6.07) is 4.91. The van der Waals surface area contributed by atoms with Crippen LogP contribution >= 0.6 is 23.2 Å². The van der Waals surface area contributed by atoms with Crippen molar-refractivity contribution in [1.29, 1.82) is 0 Å². The molecule has 0 radical (unpaired) electrons. The fraction of sp³-hybridized carbons (Fsp3) is 0.500. The van der Waals surface area contributed by atoms with E-state index in [-0.39, 0.29) is 11.8 Å². The zero-order chi connectivity index (χ0) is 14.6. The van der Waals surface area contributed by atoms with E-state index in [1.165, 1.54) is 0 Å². The van der Waals surface area contributed by atoms with Crippen molar-refractivity contribution in [2.24, 2.45) is 11.7 Å². The molecule has 0 saturated heterocycles. The lowest BCUT2D eigenvalue weighted by molar-refractivity contribution is -0.134. The first kappa shape index (κ1) is 16.3. The number of hydrogen-bond acceptors (Lipinski definition) is 2. The number of halogens is 2. The maximum absolute atomic E-state index is 12.2. The summed E-state index contributed by atoms with van der Waals surface area (Å²) in [6.45, 7) is 6.92. The molecular formula is C14H20Cl2N2O. The number of nitrogens with two attached hydrogens (primary N) is 1. The molecule has 2 N–H and O–H groups in total. The molecule has 19 heavy (non-hydrogen) atoms. The lowest BCUT2D eigenvalue weighted by atomic mass is 10.0. The van der Waals surface area contributed by atoms with E-state index in [9.17, 15) is 4.79 Å². The lowest BCUT2D eigenvalue weighted by Gasteiger charge is -2.26. The van der Waals surface area contributed by atoms with Crippen molar-refractivity contribution in [3.05, 3.63) is 33.8 Å². The molecule has 106 valence electrons. The number of hydrogen-bond donors (Lipinski definition) is 1. The van der Waals surface area contributed by atoms with Crippen molar-refractivity contribution in [3.8, 4) is 0 Å². The van der Waals surface area contributed by atoms with Crippen LogP contribution in [0.2, 0.25) is 10.0 Å². The van der Waals surface area contributed by atoms with Gasteiger partial charge in [-0.15, -0.1) is 0 Å². The number of nitrogens with zero attached hydrogens (tertiary/aromatic N) is 1. The third-order valence-corrected chi connectivity index (χ3v) is 3.79. The summed E-state index contributed by atoms with van der Waals surface area (Å²) in [6.07, 6.45) is 0. The summed E-state index contributed by atoms with van der Waals surface area (Å²) in [7, 11) is 0. The van der Waals surface area contributed by atoms with Gasteiger partial charge in [-0.25, -0.2) is 0 Å². The number of carbonyl (C=O) groups is 1. The van der Waals surface area contributed by atoms with Crippen LogP contribution in [0, 0.1) is 5.92 Å². The van der Waals surface area contributed by atoms with Crippen LogP contribution in [0.5, 0.6) is 0 Å². The monoisotopic (exact) mass is 302 g/mol. The molecule has 0 aliphatic carbocycles. The van der Waals surface area contributed by atoms with Gasteiger partial charge in [0.2, 0.25) is 5.91 Å². The van der Waals surface area contributed by atoms with E-state index in [1.54, 1.807) is 17.0 Å². The minimum absolute atomic E-state index is 0.0384. The van der Waals surface area contributed by atoms with Crippen LogP contribution in [0.25, 0.3) is 0 Å². The highest BCUT2D eigenvalue weighted by atomic mass is 35.5. The standard InChI is InChI=1S/C14H20Cl2N2O/c1-4-18(14(19)13(17)9(2)3)8-10-5-6-11(15)12(16)7-10/h5-7,9,13H,4,8,17H2,1-3H3. The van der Waals surface area contributed by atoms with Crippen molar-refractivity contribution < 1.29 is 4.79 Å². The molecule has 1 amide bonds. The zero-order valence-electron chi connectivity index (χ0n) is 11.5. The SMILES string of the molecule is CCN(Cc1ccc(Cl)c(Cl)c1)C(=O)C(N)C(C)C. The Balaban J connectivity index is 2.81. The first-order valence-corrected chi connectivity index (χ1v) is 7.10. The summed E-state index contributed by atoms with van der Waals surface area (Å²) in [4.78, 5) is 13.9. The van der Waals surface area contributed by atoms with Gasteiger partial charge in [-0.05, 0) is 30.5 Å². The normalized spacial score (nSPS) is 12.6. The minimum atomic E-state index is -0.470. The largest absolute Gasteiger partial charge is 0.337 e. The van der Waals surface area contributed by atoms with Crippen LogP contribution in [-0.4, -0.2) is 23.4 Å². The summed E-state index contributed by atoms with van der Waals surface area (Å²) in [5.74, 6) is 0.0823. The fourth-order valence-electron chi connectivity index (χ4n) is 1.70. The molecule has 3 nitrogen and oxygen atoms in total. The molecule has 0 aliphatic rings. The number of benzene rings is 1. The average molecular weight is 303 g/mol. The number of likely N-dealkylation sites (N-methyl/N-ethyl adjacent to an activating group) is 1. The molecule has 1 atom stereocenters. The number of amides is 1. The van der Waals surface area contributed by atoms with Crippen molar-refractivity contribution >= 4 is 29.1 Å². The van der Waals surface area contributed by atoms with Gasteiger partial charge in [0, 0.05) is 13.1 Å². The molecule has 5 heteroatoms. The molecular weight excluding hydrogens is 283 g/mol. The Bertz CT molecular complexity index is 449. The molecule has 0 fully saturated rings. The zero-order valence-corrected chi connectivity index (χ0v) is 13.0. The first-order chi connectivity index (χ1) is 8.86. The highest BCUT2D eigenvalue weighted by Gasteiger charge is 2.22. The van der Waals surface area contributed by atoms with Gasteiger partial charge in [0.25, 0.3) is 0 Å². The summed E-state index contributed by atoms with van der Waals surface area (Å²) >= 11 is 11.8. The van der Waals surface area contributed by atoms with E-state index in [4.69, 9.17) is 28.9 Å². The van der Waals surface area contributed by atoms with Crippen LogP contribution in [-0.2, 0) is 11.3 Å². The third-order valence-electron chi connectivity index (χ3n) is 3.05. The van der Waals surface area contributed by atoms with Gasteiger partial charge in [-0.3, -0.25) is 4.79 Å². The van der Waals surface area contributed by atoms with E-state index in [0.29, 0.717) is 23.1 Å². The Labute approximate surface area is 124 Å². The third kappa shape index (κ3) is 4.37. The first-order valence-electron chi connectivity index (χ1n) is 6.35. The molecule has 0 bridgehead atoms. The van der Waals surface area contributed by atoms with Crippen LogP contribution < -0.4 is 5.73 Å². The van der Waals surface area contributed by atoms with Gasteiger partial charge in [0.15, 0.2) is 0 Å². The summed E-state index contributed by atoms with van der Waals surface area (Å²) < 4.78 is 0. The Morgan fingerprint density at radius 2 is 1.95 bits per heavy atom. The van der Waals surface area contributed by atoms with Crippen LogP contribution in [0.15, 0.2) is 18.2 Å². The van der Waals surface area contributed by atoms with E-state index in [1.807, 2.05) is 26.8 Å². The molecule has 1 aromatic rings. The minimum Gasteiger partial charge on any atom is -0.337 e. The Morgan fingerprint density at radius 3 is 2.42 bits per heavy atom. The van der Waals surface area contributed by atoms with Gasteiger partial charge < -0.3 is 10.6 Å². The van der Waals surface area contributed by atoms with Crippen LogP contribution in [0.3, 0.4) is 0 Å². The summed E-state index contributed by atoms with van der Waals surface area (Å²) in [5.41, 5.74) is 6.85. The quantitative estimate of drug-likeness (QED) is 0.907. The average Bonchev–Trinajstić information content (AvgIpc) is 2.38. The fourth-order valence-corrected chi connectivity index (χ4v) is 2.02. The number of carbonyl (C=O) groups excluding carboxylic acids is 1. The molecule has 1 aromatic carbocycles. The van der Waals surface area contributed by atoms with Crippen LogP contribution in [0.4, 0.5) is 0 Å². The molecule has 0 aromatic heterocycles. The van der Waals surface area contributed by atoms with E-state index in [0.717, 1.165) is 5.56 Å². The maximum atomic E-state index is 12.2. The van der Waals surface area contributed by atoms with Crippen molar-refractivity contribution in [2.45, 2.75) is 33.4 Å². The predicted molar refractivity (Wildman–Crippen MR) is 80.4 cm³/mol. The van der Waals surface area contributed by atoms with E-state index >= 15 is 0 Å². The van der Waals surface area contributed by atoms with Crippen molar-refractivity contribution in [2.75, 3.05) is 6.54 Å². The maximum Gasteiger partial charge on any atom is 0.240 e.